The summed E-state index contributed by atoms with van der Waals surface area (Å²) in [5.74, 6) is 1.34. The minimum absolute atomic E-state index is 0.414. The maximum atomic E-state index is 5.55. The molecule has 0 aliphatic heterocycles. The number of hydrazine groups is 1. The summed E-state index contributed by atoms with van der Waals surface area (Å²) < 4.78 is 5.55. The fourth-order valence-electron chi connectivity index (χ4n) is 2.13. The van der Waals surface area contributed by atoms with Gasteiger partial charge >= 0.3 is 0 Å². The summed E-state index contributed by atoms with van der Waals surface area (Å²) in [4.78, 5) is 7.55. The average Bonchev–Trinajstić information content (AvgIpc) is 2.98. The maximum Gasteiger partial charge on any atom is 0.220 e. The monoisotopic (exact) mass is 327 g/mol. The Balaban J connectivity index is 1.61. The minimum Gasteiger partial charge on any atom is -0.492 e. The predicted octanol–water partition coefficient (Wildman–Crippen LogP) is 3.28. The molecule has 0 saturated heterocycles. The normalized spacial score (nSPS) is 10.3. The molecule has 2 aromatic carbocycles. The molecule has 0 bridgehead atoms. The van der Waals surface area contributed by atoms with Crippen molar-refractivity contribution in [1.82, 2.24) is 15.4 Å². The molecular weight excluding hydrogens is 310 g/mol. The van der Waals surface area contributed by atoms with Gasteiger partial charge < -0.3 is 15.0 Å². The van der Waals surface area contributed by atoms with Crippen LogP contribution in [-0.4, -0.2) is 21.7 Å². The van der Waals surface area contributed by atoms with Crippen LogP contribution in [0.3, 0.4) is 0 Å². The molecule has 0 unspecified atom stereocenters. The molecule has 0 atom stereocenters. The molecule has 0 spiro atoms. The number of aromatic amines is 1. The Morgan fingerprint density at radius 3 is 2.78 bits per heavy atom. The van der Waals surface area contributed by atoms with Crippen LogP contribution >= 0.6 is 12.2 Å². The number of rotatable bonds is 5. The highest BCUT2D eigenvalue weighted by molar-refractivity contribution is 7.80. The van der Waals surface area contributed by atoms with Gasteiger partial charge in [0, 0.05) is 0 Å². The van der Waals surface area contributed by atoms with Crippen LogP contribution in [0.15, 0.2) is 48.5 Å². The van der Waals surface area contributed by atoms with Crippen LogP contribution in [0.2, 0.25) is 0 Å². The number of hydrogen-bond acceptors (Lipinski definition) is 4. The van der Waals surface area contributed by atoms with E-state index in [-0.39, 0.29) is 0 Å². The molecule has 6 nitrogen and oxygen atoms in total. The number of ether oxygens (including phenoxy) is 1. The molecule has 0 saturated carbocycles. The van der Waals surface area contributed by atoms with Gasteiger partial charge in [-0.1, -0.05) is 24.3 Å². The van der Waals surface area contributed by atoms with E-state index in [0.717, 1.165) is 22.5 Å². The first-order valence-corrected chi connectivity index (χ1v) is 7.66. The molecule has 118 valence electrons. The number of para-hydroxylation sites is 4. The quantitative estimate of drug-likeness (QED) is 0.426. The van der Waals surface area contributed by atoms with Crippen molar-refractivity contribution in [3.63, 3.8) is 0 Å². The molecule has 0 aliphatic carbocycles. The zero-order valence-corrected chi connectivity index (χ0v) is 13.4. The van der Waals surface area contributed by atoms with Crippen molar-refractivity contribution >= 4 is 40.0 Å². The summed E-state index contributed by atoms with van der Waals surface area (Å²) in [5.41, 5.74) is 8.49. The molecule has 23 heavy (non-hydrogen) atoms. The highest BCUT2D eigenvalue weighted by Gasteiger charge is 2.05. The third kappa shape index (κ3) is 3.70. The number of nitrogens with one attached hydrogen (secondary N) is 4. The van der Waals surface area contributed by atoms with Gasteiger partial charge in [0.15, 0.2) is 5.11 Å². The molecule has 1 heterocycles. The Morgan fingerprint density at radius 1 is 1.17 bits per heavy atom. The molecular formula is C16H17N5OS. The van der Waals surface area contributed by atoms with E-state index in [4.69, 9.17) is 17.0 Å². The van der Waals surface area contributed by atoms with Gasteiger partial charge in [-0.15, -0.1) is 0 Å². The molecule has 0 fully saturated rings. The first-order chi connectivity index (χ1) is 11.3. The van der Waals surface area contributed by atoms with E-state index in [0.29, 0.717) is 17.7 Å². The van der Waals surface area contributed by atoms with Gasteiger partial charge in [-0.2, -0.15) is 0 Å². The second kappa shape index (κ2) is 6.97. The maximum absolute atomic E-state index is 5.55. The average molecular weight is 327 g/mol. The first kappa shape index (κ1) is 15.1. The zero-order chi connectivity index (χ0) is 16.1. The molecule has 0 radical (unpaired) electrons. The van der Waals surface area contributed by atoms with E-state index in [1.165, 1.54) is 0 Å². The number of nitrogens with zero attached hydrogens (tertiary/aromatic N) is 1. The van der Waals surface area contributed by atoms with Crippen molar-refractivity contribution in [3.05, 3.63) is 48.5 Å². The summed E-state index contributed by atoms with van der Waals surface area (Å²) in [7, 11) is 0. The lowest BCUT2D eigenvalue weighted by molar-refractivity contribution is 0.342. The highest BCUT2D eigenvalue weighted by Crippen LogP contribution is 2.23. The van der Waals surface area contributed by atoms with Crippen LogP contribution in [0.1, 0.15) is 6.92 Å². The smallest absolute Gasteiger partial charge is 0.220 e. The summed E-state index contributed by atoms with van der Waals surface area (Å²) in [6.45, 7) is 2.53. The van der Waals surface area contributed by atoms with Crippen LogP contribution in [-0.2, 0) is 0 Å². The molecule has 3 rings (SSSR count). The third-order valence-corrected chi connectivity index (χ3v) is 3.32. The lowest BCUT2D eigenvalue weighted by Crippen LogP contribution is -2.33. The second-order valence-electron chi connectivity index (χ2n) is 4.74. The van der Waals surface area contributed by atoms with Gasteiger partial charge in [-0.25, -0.2) is 4.98 Å². The van der Waals surface area contributed by atoms with Crippen molar-refractivity contribution in [2.45, 2.75) is 6.92 Å². The van der Waals surface area contributed by atoms with Crippen molar-refractivity contribution in [2.24, 2.45) is 0 Å². The molecule has 0 amide bonds. The second-order valence-corrected chi connectivity index (χ2v) is 5.14. The van der Waals surface area contributed by atoms with E-state index < -0.39 is 0 Å². The van der Waals surface area contributed by atoms with E-state index in [1.807, 2.05) is 55.5 Å². The fraction of sp³-hybridized carbons (Fsp3) is 0.125. The number of fused-ring (bicyclic) bond motifs is 1. The minimum atomic E-state index is 0.414. The number of imidazole rings is 1. The lowest BCUT2D eigenvalue weighted by atomic mass is 10.3. The number of anilines is 2. The van der Waals surface area contributed by atoms with Gasteiger partial charge in [-0.05, 0) is 43.4 Å². The SMILES string of the molecule is CCOc1ccccc1NC(=S)NNc1nc2ccccc2[nH]1. The summed E-state index contributed by atoms with van der Waals surface area (Å²) in [6.07, 6.45) is 0. The van der Waals surface area contributed by atoms with Crippen LogP contribution in [0.25, 0.3) is 11.0 Å². The van der Waals surface area contributed by atoms with Gasteiger partial charge in [0.05, 0.1) is 23.3 Å². The topological polar surface area (TPSA) is 74.0 Å². The van der Waals surface area contributed by atoms with Gasteiger partial charge in [0.2, 0.25) is 5.95 Å². The summed E-state index contributed by atoms with van der Waals surface area (Å²) in [6, 6.07) is 15.4. The molecule has 0 aliphatic rings. The van der Waals surface area contributed by atoms with Crippen molar-refractivity contribution in [2.75, 3.05) is 17.3 Å². The number of benzene rings is 2. The van der Waals surface area contributed by atoms with Gasteiger partial charge in [0.1, 0.15) is 5.75 Å². The molecule has 7 heteroatoms. The van der Waals surface area contributed by atoms with Gasteiger partial charge in [-0.3, -0.25) is 10.9 Å². The van der Waals surface area contributed by atoms with Crippen LogP contribution in [0, 0.1) is 0 Å². The van der Waals surface area contributed by atoms with E-state index in [1.54, 1.807) is 0 Å². The van der Waals surface area contributed by atoms with Gasteiger partial charge in [0.25, 0.3) is 0 Å². The Labute approximate surface area is 139 Å². The number of hydrogen-bond donors (Lipinski definition) is 4. The van der Waals surface area contributed by atoms with E-state index in [9.17, 15) is 0 Å². The zero-order valence-electron chi connectivity index (χ0n) is 12.6. The van der Waals surface area contributed by atoms with Crippen LogP contribution in [0.5, 0.6) is 5.75 Å². The highest BCUT2D eigenvalue weighted by atomic mass is 32.1. The Bertz CT molecular complexity index is 784. The summed E-state index contributed by atoms with van der Waals surface area (Å²) >= 11 is 5.28. The van der Waals surface area contributed by atoms with Crippen LogP contribution < -0.4 is 20.9 Å². The molecule has 3 aromatic rings. The third-order valence-electron chi connectivity index (χ3n) is 3.12. The standard InChI is InChI=1S/C16H17N5OS/c1-2-22-14-10-6-5-9-13(14)19-16(23)21-20-15-17-11-7-3-4-8-12(11)18-15/h3-10H,2H2,1H3,(H2,17,18,20)(H2,19,21,23). The number of thiocarbonyl (C=S) groups is 1. The largest absolute Gasteiger partial charge is 0.492 e. The first-order valence-electron chi connectivity index (χ1n) is 7.26. The number of H-pyrrole nitrogens is 1. The predicted molar refractivity (Wildman–Crippen MR) is 96.7 cm³/mol. The fourth-order valence-corrected chi connectivity index (χ4v) is 2.29. The Kier molecular flexibility index (Phi) is 4.58. The van der Waals surface area contributed by atoms with Crippen LogP contribution in [0.4, 0.5) is 11.6 Å². The van der Waals surface area contributed by atoms with E-state index >= 15 is 0 Å². The van der Waals surface area contributed by atoms with Crippen molar-refractivity contribution in [3.8, 4) is 5.75 Å². The summed E-state index contributed by atoms with van der Waals surface area (Å²) in [5, 5.41) is 3.50. The van der Waals surface area contributed by atoms with Crippen molar-refractivity contribution < 1.29 is 4.74 Å². The number of aromatic nitrogens is 2. The Morgan fingerprint density at radius 2 is 1.96 bits per heavy atom. The molecule has 4 N–H and O–H groups in total. The lowest BCUT2D eigenvalue weighted by Gasteiger charge is -2.14. The Hall–Kier alpha value is -2.80. The van der Waals surface area contributed by atoms with Crippen molar-refractivity contribution in [1.29, 1.82) is 0 Å². The van der Waals surface area contributed by atoms with E-state index in [2.05, 4.69) is 26.1 Å². The molecule has 1 aromatic heterocycles.